The average molecular weight is 1430 g/mol. The molecular formula is C67H119N17O17. The molecule has 26 N–H and O–H groups in total. The van der Waals surface area contributed by atoms with Crippen LogP contribution in [0.4, 0.5) is 0 Å². The lowest BCUT2D eigenvalue weighted by Gasteiger charge is -2.30. The lowest BCUT2D eigenvalue weighted by molar-refractivity contribution is -0.144. The molecule has 574 valence electrons. The van der Waals surface area contributed by atoms with Crippen molar-refractivity contribution in [2.24, 2.45) is 52.3 Å². The number of nitrogens with two attached hydrogens (primary N) is 5. The van der Waals surface area contributed by atoms with E-state index in [2.05, 4.69) is 63.8 Å². The molecule has 0 spiro atoms. The van der Waals surface area contributed by atoms with E-state index >= 15 is 0 Å². The second kappa shape index (κ2) is 47.1. The Hall–Kier alpha value is -8.15. The van der Waals surface area contributed by atoms with Crippen LogP contribution in [0.5, 0.6) is 5.75 Å². The third-order valence-corrected chi connectivity index (χ3v) is 16.7. The van der Waals surface area contributed by atoms with Crippen molar-refractivity contribution >= 4 is 76.9 Å². The van der Waals surface area contributed by atoms with Crippen molar-refractivity contribution in [3.05, 3.63) is 29.8 Å². The van der Waals surface area contributed by atoms with Crippen LogP contribution in [0.1, 0.15) is 166 Å². The van der Waals surface area contributed by atoms with Crippen molar-refractivity contribution in [3.63, 3.8) is 0 Å². The highest BCUT2D eigenvalue weighted by Gasteiger charge is 2.39. The van der Waals surface area contributed by atoms with Crippen LogP contribution in [0.3, 0.4) is 0 Å². The number of carbonyl (C=O) groups is 13. The predicted molar refractivity (Wildman–Crippen MR) is 376 cm³/mol. The Labute approximate surface area is 592 Å². The summed E-state index contributed by atoms with van der Waals surface area (Å²) < 4.78 is 0. The molecule has 101 heavy (non-hydrogen) atoms. The number of aliphatic hydroxyl groups excluding tert-OH is 2. The zero-order valence-electron chi connectivity index (χ0n) is 60.8. The van der Waals surface area contributed by atoms with Gasteiger partial charge in [0.25, 0.3) is 0 Å². The number of phenols is 1. The second-order valence-electron chi connectivity index (χ2n) is 27.0. The summed E-state index contributed by atoms with van der Waals surface area (Å²) in [7, 11) is 0. The van der Waals surface area contributed by atoms with E-state index < -0.39 is 191 Å². The van der Waals surface area contributed by atoms with E-state index in [1.165, 1.54) is 58.9 Å². The number of aromatic hydroxyl groups is 1. The summed E-state index contributed by atoms with van der Waals surface area (Å²) in [5.41, 5.74) is 29.4. The molecule has 0 saturated carbocycles. The van der Waals surface area contributed by atoms with Gasteiger partial charge in [0.1, 0.15) is 78.3 Å². The van der Waals surface area contributed by atoms with E-state index in [4.69, 9.17) is 28.7 Å². The highest BCUT2D eigenvalue weighted by Crippen LogP contribution is 2.16. The maximum Gasteiger partial charge on any atom is 0.326 e. The first kappa shape index (κ1) is 90.9. The van der Waals surface area contributed by atoms with Crippen molar-refractivity contribution in [1.82, 2.24) is 63.8 Å². The molecule has 34 nitrogen and oxygen atoms in total. The number of nitrogens with one attached hydrogen (secondary N) is 12. The number of benzene rings is 1. The number of aliphatic carboxylic acids is 1. The molecule has 15 atom stereocenters. The number of aliphatic hydroxyl groups is 2. The third-order valence-electron chi connectivity index (χ3n) is 16.7. The van der Waals surface area contributed by atoms with Gasteiger partial charge in [0.2, 0.25) is 70.9 Å². The first-order valence-electron chi connectivity index (χ1n) is 34.9. The number of hydrogen-bond donors (Lipinski definition) is 21. The van der Waals surface area contributed by atoms with Crippen LogP contribution in [0.15, 0.2) is 24.3 Å². The Balaban J connectivity index is 3.37. The van der Waals surface area contributed by atoms with Crippen LogP contribution in [-0.2, 0) is 68.7 Å². The fourth-order valence-electron chi connectivity index (χ4n) is 10.3. The quantitative estimate of drug-likeness (QED) is 0.0277. The Morgan fingerprint density at radius 3 is 0.960 bits per heavy atom. The zero-order valence-corrected chi connectivity index (χ0v) is 60.8. The minimum absolute atomic E-state index is 0.0616. The van der Waals surface area contributed by atoms with E-state index in [-0.39, 0.29) is 44.5 Å². The van der Waals surface area contributed by atoms with Gasteiger partial charge in [-0.1, -0.05) is 73.9 Å². The van der Waals surface area contributed by atoms with Crippen LogP contribution >= 0.6 is 0 Å². The standard InChI is InChI=1S/C67H119N17O17/c1-34(2)49(81-63(96)50(35(3)4)79-60(93)47(24-16-20-32-71)77-59(92)46(23-15-19-31-70)76-58(91)45(22-14-18-30-69)75-57(90)44(72)21-13-17-29-68)62(95)74-38(9)55(88)73-39(10)56(89)83-53(40(11)85)65(98)78-48(33-42-25-27-43(87)28-26-42)61(94)80-51(36(5)6)64(97)84-54(41(12)86)66(99)82-52(37(7)8)67(100)101/h25-28,34-41,44-54,85-87H,13-24,29-33,68-72H2,1-12H3,(H,73,88)(H,74,95)(H,75,90)(H,76,91)(H,77,92)(H,78,98)(H,79,93)(H,80,94)(H,81,96)(H,82,99)(H,83,89)(H,84,97)(H,100,101)/t38-,39-,40+,41+,44-,45-,46-,47-,48-,49-,50-,51-,52-,53-,54-/m0/s1. The third kappa shape index (κ3) is 33.0. The molecular weight excluding hydrogens is 1310 g/mol. The van der Waals surface area contributed by atoms with E-state index in [0.29, 0.717) is 76.4 Å². The molecule has 1 rings (SSSR count). The normalized spacial score (nSPS) is 15.9. The molecule has 0 saturated heterocycles. The highest BCUT2D eigenvalue weighted by molar-refractivity contribution is 6.00. The Bertz CT molecular complexity index is 2830. The molecule has 0 aliphatic carbocycles. The summed E-state index contributed by atoms with van der Waals surface area (Å²) in [6, 6.07) is -12.3. The fourth-order valence-corrected chi connectivity index (χ4v) is 10.3. The predicted octanol–water partition coefficient (Wildman–Crippen LogP) is -3.89. The van der Waals surface area contributed by atoms with Gasteiger partial charge < -0.3 is 113 Å². The zero-order chi connectivity index (χ0) is 77.0. The number of unbranched alkanes of at least 4 members (excludes halogenated alkanes) is 4. The van der Waals surface area contributed by atoms with Gasteiger partial charge in [0, 0.05) is 6.42 Å². The maximum atomic E-state index is 14.3. The molecule has 0 radical (unpaired) electrons. The summed E-state index contributed by atoms with van der Waals surface area (Å²) in [4.78, 5) is 179. The molecule has 0 aromatic heterocycles. The van der Waals surface area contributed by atoms with Gasteiger partial charge in [-0.15, -0.1) is 0 Å². The van der Waals surface area contributed by atoms with Gasteiger partial charge in [-0.3, -0.25) is 57.5 Å². The van der Waals surface area contributed by atoms with Crippen molar-refractivity contribution in [2.75, 3.05) is 26.2 Å². The summed E-state index contributed by atoms with van der Waals surface area (Å²) in [6.45, 7) is 18.8. The van der Waals surface area contributed by atoms with Crippen molar-refractivity contribution < 1.29 is 82.8 Å². The average Bonchev–Trinajstić information content (AvgIpc) is 0.850. The molecule has 0 bridgehead atoms. The van der Waals surface area contributed by atoms with E-state index in [0.717, 1.165) is 6.92 Å². The molecule has 34 heteroatoms. The first-order chi connectivity index (χ1) is 47.4. The maximum absolute atomic E-state index is 14.3. The van der Waals surface area contributed by atoms with E-state index in [1.54, 1.807) is 41.5 Å². The Kier molecular flexibility index (Phi) is 42.4. The number of phenolic OH excluding ortho intramolecular Hbond substituents is 1. The SMILES string of the molecule is CC(C)[C@H](NC(=O)[C@@H](NC(=O)[C@@H](NC(=O)[C@H](Cc1ccc(O)cc1)NC(=O)[C@@H](NC(=O)[C@H](C)NC(=O)[C@H](C)NC(=O)[C@@H](NC(=O)[C@@H](NC(=O)[C@H](CCCCN)NC(=O)[C@H](CCCCN)NC(=O)[C@H](CCCCN)NC(=O)[C@@H](N)CCCCN)C(C)C)C(C)C)[C@@H](C)O)C(C)C)[C@@H](C)O)C(=O)O. The summed E-state index contributed by atoms with van der Waals surface area (Å²) in [5.74, 6) is -14.4. The largest absolute Gasteiger partial charge is 0.508 e. The van der Waals surface area contributed by atoms with Crippen LogP contribution in [0, 0.1) is 23.7 Å². The van der Waals surface area contributed by atoms with Gasteiger partial charge in [0.15, 0.2) is 0 Å². The minimum Gasteiger partial charge on any atom is -0.508 e. The summed E-state index contributed by atoms with van der Waals surface area (Å²) >= 11 is 0. The molecule has 12 amide bonds. The van der Waals surface area contributed by atoms with Gasteiger partial charge in [-0.05, 0) is 166 Å². The molecule has 0 aliphatic rings. The molecule has 0 heterocycles. The number of rotatable bonds is 49. The van der Waals surface area contributed by atoms with Crippen molar-refractivity contribution in [1.29, 1.82) is 0 Å². The topological polar surface area (TPSA) is 577 Å². The van der Waals surface area contributed by atoms with Gasteiger partial charge in [-0.2, -0.15) is 0 Å². The number of carboxylic acid groups (broad SMARTS) is 1. The molecule has 1 aromatic carbocycles. The van der Waals surface area contributed by atoms with Gasteiger partial charge in [0.05, 0.1) is 18.2 Å². The number of hydrogen-bond acceptors (Lipinski definition) is 21. The number of amides is 12. The lowest BCUT2D eigenvalue weighted by Crippen LogP contribution is -2.63. The smallest absolute Gasteiger partial charge is 0.326 e. The fraction of sp³-hybridized carbons (Fsp3) is 0.716. The highest BCUT2D eigenvalue weighted by atomic mass is 16.4. The molecule has 1 aromatic rings. The molecule has 0 unspecified atom stereocenters. The Morgan fingerprint density at radius 1 is 0.327 bits per heavy atom. The van der Waals surface area contributed by atoms with Crippen LogP contribution in [-0.4, -0.2) is 214 Å². The monoisotopic (exact) mass is 1430 g/mol. The van der Waals surface area contributed by atoms with Crippen LogP contribution in [0.2, 0.25) is 0 Å². The van der Waals surface area contributed by atoms with Gasteiger partial charge in [-0.25, -0.2) is 4.79 Å². The van der Waals surface area contributed by atoms with Crippen molar-refractivity contribution in [3.8, 4) is 5.75 Å². The minimum atomic E-state index is -1.80. The summed E-state index contributed by atoms with van der Waals surface area (Å²) in [5, 5.41) is 71.6. The Morgan fingerprint density at radius 2 is 0.594 bits per heavy atom. The molecule has 0 fully saturated rings. The van der Waals surface area contributed by atoms with Crippen molar-refractivity contribution in [2.45, 2.75) is 257 Å². The van der Waals surface area contributed by atoms with Crippen LogP contribution < -0.4 is 92.5 Å². The number of carboxylic acids is 1. The van der Waals surface area contributed by atoms with E-state index in [9.17, 15) is 82.8 Å². The van der Waals surface area contributed by atoms with Gasteiger partial charge >= 0.3 is 5.97 Å². The second-order valence-corrected chi connectivity index (χ2v) is 27.0. The number of carbonyl (C=O) groups excluding carboxylic acids is 12. The first-order valence-corrected chi connectivity index (χ1v) is 34.9. The van der Waals surface area contributed by atoms with E-state index in [1.807, 2.05) is 0 Å². The summed E-state index contributed by atoms with van der Waals surface area (Å²) in [6.07, 6.45) is 1.17. The van der Waals surface area contributed by atoms with Crippen LogP contribution in [0.25, 0.3) is 0 Å². The molecule has 0 aliphatic heterocycles. The lowest BCUT2D eigenvalue weighted by atomic mass is 9.98.